The van der Waals surface area contributed by atoms with Gasteiger partial charge in [-0.15, -0.1) is 0 Å². The van der Waals surface area contributed by atoms with Crippen molar-refractivity contribution in [1.29, 1.82) is 0 Å². The van der Waals surface area contributed by atoms with Gasteiger partial charge in [0.05, 0.1) is 18.7 Å². The van der Waals surface area contributed by atoms with E-state index in [2.05, 4.69) is 16.0 Å². The second kappa shape index (κ2) is 11.7. The van der Waals surface area contributed by atoms with Gasteiger partial charge in [0.2, 0.25) is 11.8 Å². The monoisotopic (exact) mass is 469 g/mol. The van der Waals surface area contributed by atoms with Crippen molar-refractivity contribution < 1.29 is 19.1 Å². The van der Waals surface area contributed by atoms with Crippen molar-refractivity contribution in [3.8, 4) is 5.75 Å². The Morgan fingerprint density at radius 2 is 1.76 bits per heavy atom. The molecule has 3 N–H and O–H groups in total. The molecular weight excluding hydrogens is 438 g/mol. The van der Waals surface area contributed by atoms with Gasteiger partial charge < -0.3 is 20.7 Å². The minimum Gasteiger partial charge on any atom is -0.496 e. The van der Waals surface area contributed by atoms with E-state index in [9.17, 15) is 14.4 Å². The zero-order valence-corrected chi connectivity index (χ0v) is 20.0. The lowest BCUT2D eigenvalue weighted by molar-refractivity contribution is -0.123. The molecule has 0 saturated heterocycles. The maximum absolute atomic E-state index is 13.0. The zero-order valence-electron chi connectivity index (χ0n) is 19.2. The van der Waals surface area contributed by atoms with Crippen molar-refractivity contribution in [2.45, 2.75) is 38.3 Å². The second-order valence-corrected chi connectivity index (χ2v) is 9.11. The van der Waals surface area contributed by atoms with Crippen LogP contribution in [-0.2, 0) is 9.59 Å². The lowest BCUT2D eigenvalue weighted by Gasteiger charge is -2.22. The maximum atomic E-state index is 13.0. The summed E-state index contributed by atoms with van der Waals surface area (Å²) in [5.41, 5.74) is 2.04. The van der Waals surface area contributed by atoms with Gasteiger partial charge in [-0.05, 0) is 68.0 Å². The average Bonchev–Trinajstić information content (AvgIpc) is 3.67. The molecule has 33 heavy (non-hydrogen) atoms. The predicted molar refractivity (Wildman–Crippen MR) is 132 cm³/mol. The molecule has 2 unspecified atom stereocenters. The topological polar surface area (TPSA) is 96.5 Å². The van der Waals surface area contributed by atoms with Crippen molar-refractivity contribution in [2.75, 3.05) is 24.4 Å². The number of carbonyl (C=O) groups is 3. The van der Waals surface area contributed by atoms with E-state index in [1.807, 2.05) is 37.4 Å². The number of hydrogen-bond donors (Lipinski definition) is 3. The lowest BCUT2D eigenvalue weighted by Crippen LogP contribution is -2.47. The minimum absolute atomic E-state index is 0.0616. The highest BCUT2D eigenvalue weighted by Crippen LogP contribution is 2.30. The normalized spacial score (nSPS) is 14.6. The molecular formula is C25H31N3O4S. The molecule has 2 atom stereocenters. The Balaban J connectivity index is 1.62. The quantitative estimate of drug-likeness (QED) is 0.466. The van der Waals surface area contributed by atoms with Gasteiger partial charge in [-0.2, -0.15) is 11.8 Å². The van der Waals surface area contributed by atoms with Gasteiger partial charge in [-0.3, -0.25) is 14.4 Å². The number of carbonyl (C=O) groups excluding carboxylic acids is 3. The summed E-state index contributed by atoms with van der Waals surface area (Å²) in [5, 5.41) is 8.76. The fourth-order valence-electron chi connectivity index (χ4n) is 3.42. The van der Waals surface area contributed by atoms with E-state index in [0.717, 1.165) is 29.8 Å². The van der Waals surface area contributed by atoms with Crippen LogP contribution in [-0.4, -0.2) is 42.9 Å². The van der Waals surface area contributed by atoms with Crippen LogP contribution >= 0.6 is 11.8 Å². The van der Waals surface area contributed by atoms with Gasteiger partial charge in [0.25, 0.3) is 5.91 Å². The summed E-state index contributed by atoms with van der Waals surface area (Å²) < 4.78 is 5.27. The van der Waals surface area contributed by atoms with Crippen molar-refractivity contribution in [3.05, 3.63) is 59.7 Å². The summed E-state index contributed by atoms with van der Waals surface area (Å²) in [6.07, 6.45) is 4.38. The summed E-state index contributed by atoms with van der Waals surface area (Å²) in [7, 11) is 1.51. The highest BCUT2D eigenvalue weighted by atomic mass is 32.2. The van der Waals surface area contributed by atoms with Crippen LogP contribution in [0.3, 0.4) is 0 Å². The number of amides is 3. The zero-order chi connectivity index (χ0) is 23.8. The fraction of sp³-hybridized carbons (Fsp3) is 0.400. The van der Waals surface area contributed by atoms with E-state index in [-0.39, 0.29) is 29.7 Å². The van der Waals surface area contributed by atoms with Crippen LogP contribution in [0.25, 0.3) is 0 Å². The number of methoxy groups -OCH3 is 1. The number of anilines is 1. The number of nitrogens with one attached hydrogen (secondary N) is 3. The first kappa shape index (κ1) is 24.6. The minimum atomic E-state index is -0.672. The van der Waals surface area contributed by atoms with Crippen molar-refractivity contribution in [2.24, 2.45) is 5.92 Å². The summed E-state index contributed by atoms with van der Waals surface area (Å²) in [4.78, 5) is 37.8. The fourth-order valence-corrected chi connectivity index (χ4v) is 3.89. The van der Waals surface area contributed by atoms with E-state index in [1.165, 1.54) is 7.11 Å². The van der Waals surface area contributed by atoms with Crippen molar-refractivity contribution >= 4 is 35.2 Å². The Kier molecular flexibility index (Phi) is 8.77. The molecule has 0 heterocycles. The Morgan fingerprint density at radius 1 is 1.06 bits per heavy atom. The summed E-state index contributed by atoms with van der Waals surface area (Å²) in [6, 6.07) is 13.5. The van der Waals surface area contributed by atoms with Gasteiger partial charge in [-0.1, -0.05) is 24.3 Å². The van der Waals surface area contributed by atoms with Crippen LogP contribution in [0.15, 0.2) is 48.5 Å². The summed E-state index contributed by atoms with van der Waals surface area (Å²) >= 11 is 1.62. The van der Waals surface area contributed by atoms with E-state index in [0.29, 0.717) is 17.7 Å². The molecule has 0 aliphatic heterocycles. The van der Waals surface area contributed by atoms with E-state index < -0.39 is 6.04 Å². The van der Waals surface area contributed by atoms with Gasteiger partial charge >= 0.3 is 0 Å². The Labute approximate surface area is 199 Å². The van der Waals surface area contributed by atoms with Crippen LogP contribution in [0.4, 0.5) is 5.69 Å². The molecule has 0 radical (unpaired) electrons. The molecule has 1 aliphatic carbocycles. The van der Waals surface area contributed by atoms with Gasteiger partial charge in [0.1, 0.15) is 11.8 Å². The molecule has 1 aliphatic rings. The molecule has 1 saturated carbocycles. The first-order valence-electron chi connectivity index (χ1n) is 11.1. The average molecular weight is 470 g/mol. The number of rotatable bonds is 11. The molecule has 1 fully saturated rings. The Hall–Kier alpha value is -3.00. The molecule has 3 amide bonds. The largest absolute Gasteiger partial charge is 0.496 e. The lowest BCUT2D eigenvalue weighted by atomic mass is 10.1. The SMILES string of the molecule is COc1ccccc1C(=O)NC(CCSC)C(=O)NC(C)c1ccc(NC(=O)C2CC2)cc1. The second-order valence-electron chi connectivity index (χ2n) is 8.12. The molecule has 3 rings (SSSR count). The third-order valence-corrected chi connectivity index (χ3v) is 6.21. The third kappa shape index (κ3) is 6.99. The van der Waals surface area contributed by atoms with Crippen LogP contribution in [0.2, 0.25) is 0 Å². The molecule has 0 bridgehead atoms. The molecule has 0 aromatic heterocycles. The smallest absolute Gasteiger partial charge is 0.255 e. The highest BCUT2D eigenvalue weighted by molar-refractivity contribution is 7.98. The molecule has 7 nitrogen and oxygen atoms in total. The number of benzene rings is 2. The van der Waals surface area contributed by atoms with Crippen LogP contribution in [0, 0.1) is 5.92 Å². The molecule has 2 aromatic rings. The number of thioether (sulfide) groups is 1. The van der Waals surface area contributed by atoms with E-state index in [1.54, 1.807) is 36.0 Å². The molecule has 8 heteroatoms. The van der Waals surface area contributed by atoms with Crippen LogP contribution in [0.1, 0.15) is 48.1 Å². The number of hydrogen-bond acceptors (Lipinski definition) is 5. The third-order valence-electron chi connectivity index (χ3n) is 5.57. The first-order chi connectivity index (χ1) is 15.9. The standard InChI is InChI=1S/C25H31N3O4S/c1-16(17-10-12-19(13-11-17)27-23(29)18-8-9-18)26-25(31)21(14-15-33-3)28-24(30)20-6-4-5-7-22(20)32-2/h4-7,10-13,16,18,21H,8-9,14-15H2,1-3H3,(H,26,31)(H,27,29)(H,28,30). The van der Waals surface area contributed by atoms with E-state index in [4.69, 9.17) is 4.74 Å². The van der Waals surface area contributed by atoms with Crippen molar-refractivity contribution in [3.63, 3.8) is 0 Å². The Bertz CT molecular complexity index is 976. The number of para-hydroxylation sites is 1. The van der Waals surface area contributed by atoms with Gasteiger partial charge in [0, 0.05) is 11.6 Å². The first-order valence-corrected chi connectivity index (χ1v) is 12.5. The summed E-state index contributed by atoms with van der Waals surface area (Å²) in [6.45, 7) is 1.89. The summed E-state index contributed by atoms with van der Waals surface area (Å²) in [5.74, 6) is 0.802. The van der Waals surface area contributed by atoms with Gasteiger partial charge in [0.15, 0.2) is 0 Å². The molecule has 0 spiro atoms. The predicted octanol–water partition coefficient (Wildman–Crippen LogP) is 3.77. The van der Waals surface area contributed by atoms with Crippen LogP contribution < -0.4 is 20.7 Å². The maximum Gasteiger partial charge on any atom is 0.255 e. The number of ether oxygens (including phenoxy) is 1. The highest BCUT2D eigenvalue weighted by Gasteiger charge is 2.29. The Morgan fingerprint density at radius 3 is 2.39 bits per heavy atom. The van der Waals surface area contributed by atoms with E-state index >= 15 is 0 Å². The van der Waals surface area contributed by atoms with Crippen LogP contribution in [0.5, 0.6) is 5.75 Å². The molecule has 2 aromatic carbocycles. The molecule has 176 valence electrons. The van der Waals surface area contributed by atoms with Crippen molar-refractivity contribution in [1.82, 2.24) is 10.6 Å². The van der Waals surface area contributed by atoms with Gasteiger partial charge in [-0.25, -0.2) is 0 Å².